The van der Waals surface area contributed by atoms with Gasteiger partial charge in [-0.15, -0.1) is 0 Å². The van der Waals surface area contributed by atoms with Crippen molar-refractivity contribution in [3.8, 4) is 28.7 Å². The van der Waals surface area contributed by atoms with E-state index in [9.17, 15) is 4.79 Å². The first-order valence-corrected chi connectivity index (χ1v) is 8.77. The molecule has 0 heterocycles. The summed E-state index contributed by atoms with van der Waals surface area (Å²) in [6, 6.07) is 24.8. The summed E-state index contributed by atoms with van der Waals surface area (Å²) >= 11 is 0. The average Bonchev–Trinajstić information content (AvgIpc) is 2.77. The first kappa shape index (κ1) is 18.9. The summed E-state index contributed by atoms with van der Waals surface area (Å²) in [5, 5.41) is 8.62. The summed E-state index contributed by atoms with van der Waals surface area (Å²) in [7, 11) is 1.53. The molecule has 0 amide bonds. The highest BCUT2D eigenvalue weighted by molar-refractivity contribution is 6.07. The van der Waals surface area contributed by atoms with Crippen molar-refractivity contribution in [1.82, 2.24) is 0 Å². The Hall–Kier alpha value is -3.84. The molecule has 4 nitrogen and oxygen atoms in total. The van der Waals surface area contributed by atoms with Gasteiger partial charge in [0.1, 0.15) is 6.07 Å². The molecule has 0 radical (unpaired) electrons. The first-order valence-electron chi connectivity index (χ1n) is 8.77. The fourth-order valence-corrected chi connectivity index (χ4v) is 2.74. The summed E-state index contributed by atoms with van der Waals surface area (Å²) in [6.45, 7) is -0.0526. The van der Waals surface area contributed by atoms with E-state index in [0.717, 1.165) is 16.7 Å². The summed E-state index contributed by atoms with van der Waals surface area (Å²) in [5.41, 5.74) is 3.61. The zero-order chi connectivity index (χ0) is 19.8. The molecular formula is C24H19NO3. The van der Waals surface area contributed by atoms with Crippen LogP contribution in [0.1, 0.15) is 15.9 Å². The first-order chi connectivity index (χ1) is 13.7. The number of rotatable bonds is 7. The topological polar surface area (TPSA) is 59.3 Å². The Kier molecular flexibility index (Phi) is 6.22. The van der Waals surface area contributed by atoms with Gasteiger partial charge in [0.15, 0.2) is 23.9 Å². The van der Waals surface area contributed by atoms with Crippen molar-refractivity contribution in [2.45, 2.75) is 0 Å². The van der Waals surface area contributed by atoms with Gasteiger partial charge < -0.3 is 9.47 Å². The maximum absolute atomic E-state index is 12.4. The van der Waals surface area contributed by atoms with E-state index in [-0.39, 0.29) is 12.4 Å². The molecule has 138 valence electrons. The van der Waals surface area contributed by atoms with Crippen LogP contribution in [0.3, 0.4) is 0 Å². The normalized spacial score (nSPS) is 10.4. The maximum atomic E-state index is 12.4. The molecule has 3 aromatic rings. The number of benzene rings is 3. The third kappa shape index (κ3) is 4.66. The van der Waals surface area contributed by atoms with Crippen LogP contribution in [0, 0.1) is 11.3 Å². The van der Waals surface area contributed by atoms with E-state index in [1.807, 2.05) is 60.7 Å². The van der Waals surface area contributed by atoms with Crippen LogP contribution in [0.4, 0.5) is 0 Å². The second-order valence-corrected chi connectivity index (χ2v) is 6.00. The van der Waals surface area contributed by atoms with Gasteiger partial charge in [-0.3, -0.25) is 4.79 Å². The van der Waals surface area contributed by atoms with E-state index in [2.05, 4.69) is 0 Å². The molecule has 0 saturated heterocycles. The lowest BCUT2D eigenvalue weighted by molar-refractivity contribution is 0.104. The predicted molar refractivity (Wildman–Crippen MR) is 109 cm³/mol. The number of carbonyl (C=O) groups is 1. The molecule has 3 aromatic carbocycles. The Morgan fingerprint density at radius 1 is 0.964 bits per heavy atom. The zero-order valence-electron chi connectivity index (χ0n) is 15.5. The molecule has 0 spiro atoms. The number of nitriles is 1. The Labute approximate surface area is 164 Å². The highest BCUT2D eigenvalue weighted by Gasteiger charge is 2.06. The molecule has 3 rings (SSSR count). The van der Waals surface area contributed by atoms with Gasteiger partial charge in [-0.05, 0) is 34.9 Å². The lowest BCUT2D eigenvalue weighted by atomic mass is 10.0. The van der Waals surface area contributed by atoms with Gasteiger partial charge in [-0.2, -0.15) is 5.26 Å². The van der Waals surface area contributed by atoms with Crippen LogP contribution in [0.2, 0.25) is 0 Å². The second kappa shape index (κ2) is 9.20. The lowest BCUT2D eigenvalue weighted by Crippen LogP contribution is -1.97. The minimum atomic E-state index is -0.0802. The van der Waals surface area contributed by atoms with Crippen molar-refractivity contribution in [2.24, 2.45) is 0 Å². The number of methoxy groups -OCH3 is 1. The number of ketones is 1. The van der Waals surface area contributed by atoms with Crippen LogP contribution >= 0.6 is 0 Å². The SMILES string of the molecule is COc1cc(C=CC(=O)c2ccc(-c3ccccc3)cc2)ccc1OCC#N. The van der Waals surface area contributed by atoms with E-state index in [4.69, 9.17) is 14.7 Å². The molecule has 0 aliphatic carbocycles. The molecule has 28 heavy (non-hydrogen) atoms. The molecule has 0 fully saturated rings. The number of hydrogen-bond donors (Lipinski definition) is 0. The fourth-order valence-electron chi connectivity index (χ4n) is 2.74. The molecular weight excluding hydrogens is 350 g/mol. The van der Waals surface area contributed by atoms with Crippen LogP contribution in [-0.4, -0.2) is 19.5 Å². The summed E-state index contributed by atoms with van der Waals surface area (Å²) in [6.07, 6.45) is 3.26. The van der Waals surface area contributed by atoms with E-state index in [1.54, 1.807) is 24.3 Å². The van der Waals surface area contributed by atoms with Crippen molar-refractivity contribution in [1.29, 1.82) is 5.26 Å². The smallest absolute Gasteiger partial charge is 0.185 e. The second-order valence-electron chi connectivity index (χ2n) is 6.00. The Morgan fingerprint density at radius 2 is 1.68 bits per heavy atom. The average molecular weight is 369 g/mol. The minimum Gasteiger partial charge on any atom is -0.493 e. The number of nitrogens with zero attached hydrogens (tertiary/aromatic N) is 1. The number of carbonyl (C=O) groups excluding carboxylic acids is 1. The van der Waals surface area contributed by atoms with E-state index < -0.39 is 0 Å². The Bertz CT molecular complexity index is 1020. The van der Waals surface area contributed by atoms with Crippen LogP contribution in [0.5, 0.6) is 11.5 Å². The Morgan fingerprint density at radius 3 is 2.36 bits per heavy atom. The van der Waals surface area contributed by atoms with Crippen molar-refractivity contribution >= 4 is 11.9 Å². The van der Waals surface area contributed by atoms with Crippen molar-refractivity contribution in [3.05, 3.63) is 90.0 Å². The molecule has 0 unspecified atom stereocenters. The molecule has 0 aromatic heterocycles. The summed E-state index contributed by atoms with van der Waals surface area (Å²) < 4.78 is 10.6. The zero-order valence-corrected chi connectivity index (χ0v) is 15.5. The highest BCUT2D eigenvalue weighted by atomic mass is 16.5. The van der Waals surface area contributed by atoms with E-state index in [1.165, 1.54) is 13.2 Å². The van der Waals surface area contributed by atoms with Gasteiger partial charge >= 0.3 is 0 Å². The van der Waals surface area contributed by atoms with Gasteiger partial charge in [0, 0.05) is 5.56 Å². The highest BCUT2D eigenvalue weighted by Crippen LogP contribution is 2.28. The Balaban J connectivity index is 1.72. The lowest BCUT2D eigenvalue weighted by Gasteiger charge is -2.08. The van der Waals surface area contributed by atoms with Gasteiger partial charge in [0.05, 0.1) is 7.11 Å². The van der Waals surface area contributed by atoms with Gasteiger partial charge in [0.25, 0.3) is 0 Å². The van der Waals surface area contributed by atoms with Crippen LogP contribution in [-0.2, 0) is 0 Å². The minimum absolute atomic E-state index is 0.0526. The largest absolute Gasteiger partial charge is 0.493 e. The monoisotopic (exact) mass is 369 g/mol. The van der Waals surface area contributed by atoms with E-state index in [0.29, 0.717) is 17.1 Å². The fraction of sp³-hybridized carbons (Fsp3) is 0.0833. The molecule has 0 bridgehead atoms. The molecule has 0 atom stereocenters. The number of hydrogen-bond acceptors (Lipinski definition) is 4. The van der Waals surface area contributed by atoms with Crippen LogP contribution < -0.4 is 9.47 Å². The van der Waals surface area contributed by atoms with Crippen molar-refractivity contribution in [2.75, 3.05) is 13.7 Å². The third-order valence-electron chi connectivity index (χ3n) is 4.18. The van der Waals surface area contributed by atoms with Gasteiger partial charge in [0.2, 0.25) is 0 Å². The van der Waals surface area contributed by atoms with Crippen LogP contribution in [0.25, 0.3) is 17.2 Å². The standard InChI is InChI=1S/C24H19NO3/c1-27-24-17-18(8-14-23(24)28-16-15-25)7-13-22(26)21-11-9-20(10-12-21)19-5-3-2-4-6-19/h2-14,17H,16H2,1H3. The van der Waals surface area contributed by atoms with Gasteiger partial charge in [-0.25, -0.2) is 0 Å². The summed E-state index contributed by atoms with van der Waals surface area (Å²) in [5.74, 6) is 0.921. The van der Waals surface area contributed by atoms with Crippen LogP contribution in [0.15, 0.2) is 78.9 Å². The molecule has 4 heteroatoms. The van der Waals surface area contributed by atoms with Crippen molar-refractivity contribution < 1.29 is 14.3 Å². The number of ether oxygens (including phenoxy) is 2. The summed E-state index contributed by atoms with van der Waals surface area (Å²) in [4.78, 5) is 12.4. The molecule has 0 aliphatic heterocycles. The van der Waals surface area contributed by atoms with Gasteiger partial charge in [-0.1, -0.05) is 66.7 Å². The molecule has 0 N–H and O–H groups in total. The molecule has 0 aliphatic rings. The quantitative estimate of drug-likeness (QED) is 0.426. The predicted octanol–water partition coefficient (Wildman–Crippen LogP) is 5.16. The number of allylic oxidation sites excluding steroid dienone is 1. The third-order valence-corrected chi connectivity index (χ3v) is 4.18. The van der Waals surface area contributed by atoms with E-state index >= 15 is 0 Å². The van der Waals surface area contributed by atoms with Crippen molar-refractivity contribution in [3.63, 3.8) is 0 Å². The molecule has 0 saturated carbocycles. The maximum Gasteiger partial charge on any atom is 0.185 e.